The zero-order valence-electron chi connectivity index (χ0n) is 12.3. The molecule has 1 N–H and O–H groups in total. The van der Waals surface area contributed by atoms with Gasteiger partial charge in [-0.05, 0) is 24.3 Å². The molecule has 0 spiro atoms. The summed E-state index contributed by atoms with van der Waals surface area (Å²) in [4.78, 5) is 15.2. The van der Waals surface area contributed by atoms with E-state index >= 15 is 0 Å². The third-order valence-corrected chi connectivity index (χ3v) is 3.72. The van der Waals surface area contributed by atoms with Gasteiger partial charge in [-0.3, -0.25) is 0 Å². The number of fused-ring (bicyclic) bond motifs is 2. The van der Waals surface area contributed by atoms with Gasteiger partial charge in [0.1, 0.15) is 18.9 Å². The van der Waals surface area contributed by atoms with E-state index in [1.54, 1.807) is 6.07 Å². The number of aromatic amines is 1. The van der Waals surface area contributed by atoms with Crippen LogP contribution in [0.2, 0.25) is 0 Å². The molecule has 0 saturated carbocycles. The Bertz CT molecular complexity index is 822. The smallest absolute Gasteiger partial charge is 0.354 e. The SMILES string of the molecule is O=C(OCC1COc2ccccc2O1)c1cc2ccccc2[nH]1. The molecule has 5 heteroatoms. The lowest BCUT2D eigenvalue weighted by Crippen LogP contribution is -2.34. The van der Waals surface area contributed by atoms with Crippen LogP contribution in [0.3, 0.4) is 0 Å². The number of hydrogen-bond acceptors (Lipinski definition) is 4. The summed E-state index contributed by atoms with van der Waals surface area (Å²) in [6.07, 6.45) is -0.307. The Morgan fingerprint density at radius 3 is 2.78 bits per heavy atom. The predicted molar refractivity (Wildman–Crippen MR) is 84.9 cm³/mol. The first-order valence-corrected chi connectivity index (χ1v) is 7.43. The molecule has 3 aromatic rings. The van der Waals surface area contributed by atoms with Gasteiger partial charge < -0.3 is 19.2 Å². The minimum Gasteiger partial charge on any atom is -0.486 e. The van der Waals surface area contributed by atoms with Crippen LogP contribution in [0.1, 0.15) is 10.5 Å². The fourth-order valence-electron chi connectivity index (χ4n) is 2.57. The molecule has 2 aromatic carbocycles. The highest BCUT2D eigenvalue weighted by atomic mass is 16.6. The van der Waals surface area contributed by atoms with Crippen molar-refractivity contribution in [2.75, 3.05) is 13.2 Å². The lowest BCUT2D eigenvalue weighted by molar-refractivity contribution is 0.0106. The van der Waals surface area contributed by atoms with Crippen molar-refractivity contribution < 1.29 is 19.0 Å². The van der Waals surface area contributed by atoms with E-state index in [0.29, 0.717) is 23.8 Å². The molecular weight excluding hydrogens is 294 g/mol. The predicted octanol–water partition coefficient (Wildman–Crippen LogP) is 3.16. The molecule has 0 radical (unpaired) electrons. The number of benzene rings is 2. The highest BCUT2D eigenvalue weighted by molar-refractivity contribution is 5.94. The van der Waals surface area contributed by atoms with Crippen LogP contribution in [-0.2, 0) is 4.74 Å². The van der Waals surface area contributed by atoms with Gasteiger partial charge in [0, 0.05) is 10.9 Å². The third kappa shape index (κ3) is 2.73. The van der Waals surface area contributed by atoms with Gasteiger partial charge in [-0.2, -0.15) is 0 Å². The molecule has 5 nitrogen and oxygen atoms in total. The van der Waals surface area contributed by atoms with Gasteiger partial charge in [0.15, 0.2) is 17.6 Å². The molecule has 1 aliphatic rings. The summed E-state index contributed by atoms with van der Waals surface area (Å²) in [6.45, 7) is 0.500. The fourth-order valence-corrected chi connectivity index (χ4v) is 2.57. The molecule has 23 heavy (non-hydrogen) atoms. The molecule has 1 aromatic heterocycles. The number of esters is 1. The lowest BCUT2D eigenvalue weighted by Gasteiger charge is -2.25. The van der Waals surface area contributed by atoms with Gasteiger partial charge in [0.2, 0.25) is 0 Å². The normalized spacial score (nSPS) is 16.3. The quantitative estimate of drug-likeness (QED) is 0.755. The number of hydrogen-bond donors (Lipinski definition) is 1. The zero-order chi connectivity index (χ0) is 15.6. The molecule has 1 unspecified atom stereocenters. The molecule has 0 saturated heterocycles. The van der Waals surface area contributed by atoms with E-state index in [1.807, 2.05) is 48.5 Å². The molecule has 0 aliphatic carbocycles. The van der Waals surface area contributed by atoms with Crippen molar-refractivity contribution in [2.24, 2.45) is 0 Å². The maximum absolute atomic E-state index is 12.2. The summed E-state index contributed by atoms with van der Waals surface area (Å²) in [5.41, 5.74) is 1.34. The summed E-state index contributed by atoms with van der Waals surface area (Å²) in [7, 11) is 0. The Hall–Kier alpha value is -2.95. The largest absolute Gasteiger partial charge is 0.486 e. The minimum atomic E-state index is -0.399. The van der Waals surface area contributed by atoms with Crippen LogP contribution in [0.5, 0.6) is 11.5 Å². The van der Waals surface area contributed by atoms with Gasteiger partial charge in [-0.1, -0.05) is 30.3 Å². The highest BCUT2D eigenvalue weighted by Gasteiger charge is 2.22. The molecular formula is C18H15NO4. The molecule has 0 amide bonds. The van der Waals surface area contributed by atoms with E-state index in [2.05, 4.69) is 4.98 Å². The van der Waals surface area contributed by atoms with Crippen LogP contribution in [0.15, 0.2) is 54.6 Å². The molecule has 4 rings (SSSR count). The van der Waals surface area contributed by atoms with E-state index in [1.165, 1.54) is 0 Å². The molecule has 1 atom stereocenters. The van der Waals surface area contributed by atoms with Crippen molar-refractivity contribution in [3.8, 4) is 11.5 Å². The Kier molecular flexibility index (Phi) is 3.38. The second-order valence-electron chi connectivity index (χ2n) is 5.37. The Morgan fingerprint density at radius 1 is 1.13 bits per heavy atom. The summed E-state index contributed by atoms with van der Waals surface area (Å²) >= 11 is 0. The van der Waals surface area contributed by atoms with E-state index < -0.39 is 5.97 Å². The van der Waals surface area contributed by atoms with E-state index in [9.17, 15) is 4.79 Å². The van der Waals surface area contributed by atoms with Gasteiger partial charge in [0.25, 0.3) is 0 Å². The van der Waals surface area contributed by atoms with Crippen LogP contribution < -0.4 is 9.47 Å². The standard InChI is InChI=1S/C18H15NO4/c20-18(15-9-12-5-1-2-6-14(12)19-15)22-11-13-10-21-16-7-3-4-8-17(16)23-13/h1-9,13,19H,10-11H2. The van der Waals surface area contributed by atoms with Crippen LogP contribution in [0.25, 0.3) is 10.9 Å². The van der Waals surface area contributed by atoms with Gasteiger partial charge in [-0.25, -0.2) is 4.79 Å². The first-order valence-electron chi connectivity index (χ1n) is 7.43. The molecule has 0 fully saturated rings. The second-order valence-corrected chi connectivity index (χ2v) is 5.37. The summed E-state index contributed by atoms with van der Waals surface area (Å²) in [5, 5.41) is 0.977. The van der Waals surface area contributed by atoms with Crippen molar-refractivity contribution in [1.82, 2.24) is 4.98 Å². The third-order valence-electron chi connectivity index (χ3n) is 3.72. The summed E-state index contributed by atoms with van der Waals surface area (Å²) < 4.78 is 16.7. The highest BCUT2D eigenvalue weighted by Crippen LogP contribution is 2.30. The van der Waals surface area contributed by atoms with Crippen molar-refractivity contribution >= 4 is 16.9 Å². The van der Waals surface area contributed by atoms with Gasteiger partial charge >= 0.3 is 5.97 Å². The Labute approximate surface area is 132 Å². The summed E-state index contributed by atoms with van der Waals surface area (Å²) in [6, 6.07) is 16.9. The van der Waals surface area contributed by atoms with Crippen LogP contribution in [-0.4, -0.2) is 30.3 Å². The monoisotopic (exact) mass is 309 g/mol. The van der Waals surface area contributed by atoms with E-state index in [4.69, 9.17) is 14.2 Å². The van der Waals surface area contributed by atoms with Crippen molar-refractivity contribution in [3.05, 3.63) is 60.3 Å². The van der Waals surface area contributed by atoms with Crippen molar-refractivity contribution in [1.29, 1.82) is 0 Å². The fraction of sp³-hybridized carbons (Fsp3) is 0.167. The maximum atomic E-state index is 12.2. The number of nitrogens with one attached hydrogen (secondary N) is 1. The van der Waals surface area contributed by atoms with E-state index in [0.717, 1.165) is 10.9 Å². The lowest BCUT2D eigenvalue weighted by atomic mass is 10.2. The number of ether oxygens (including phenoxy) is 3. The average Bonchev–Trinajstić information content (AvgIpc) is 3.04. The second kappa shape index (κ2) is 5.68. The average molecular weight is 309 g/mol. The Balaban J connectivity index is 1.40. The number of H-pyrrole nitrogens is 1. The number of aromatic nitrogens is 1. The zero-order valence-corrected chi connectivity index (χ0v) is 12.3. The van der Waals surface area contributed by atoms with Gasteiger partial charge in [0.05, 0.1) is 0 Å². The van der Waals surface area contributed by atoms with Gasteiger partial charge in [-0.15, -0.1) is 0 Å². The Morgan fingerprint density at radius 2 is 1.91 bits per heavy atom. The topological polar surface area (TPSA) is 60.6 Å². The molecule has 0 bridgehead atoms. The maximum Gasteiger partial charge on any atom is 0.354 e. The number of carbonyl (C=O) groups excluding carboxylic acids is 1. The first-order chi connectivity index (χ1) is 11.3. The van der Waals surface area contributed by atoms with Crippen molar-refractivity contribution in [3.63, 3.8) is 0 Å². The molecule has 2 heterocycles. The summed E-state index contributed by atoms with van der Waals surface area (Å²) in [5.74, 6) is 0.986. The van der Waals surface area contributed by atoms with Crippen LogP contribution >= 0.6 is 0 Å². The molecule has 1 aliphatic heterocycles. The number of para-hydroxylation sites is 3. The van der Waals surface area contributed by atoms with Crippen LogP contribution in [0, 0.1) is 0 Å². The molecule has 116 valence electrons. The van der Waals surface area contributed by atoms with Crippen LogP contribution in [0.4, 0.5) is 0 Å². The van der Waals surface area contributed by atoms with Crippen molar-refractivity contribution in [2.45, 2.75) is 6.10 Å². The number of rotatable bonds is 3. The first kappa shape index (κ1) is 13.7. The van der Waals surface area contributed by atoms with E-state index in [-0.39, 0.29) is 12.7 Å². The minimum absolute atomic E-state index is 0.141. The number of carbonyl (C=O) groups is 1.